The minimum atomic E-state index is -0.752. The molecular weight excluding hydrogens is 294 g/mol. The van der Waals surface area contributed by atoms with Crippen LogP contribution in [-0.4, -0.2) is 46.2 Å². The van der Waals surface area contributed by atoms with Crippen molar-refractivity contribution in [2.24, 2.45) is 0 Å². The molecule has 134 valence electrons. The Bertz CT molecular complexity index is 355. The molecule has 0 heterocycles. The molecule has 23 heavy (non-hydrogen) atoms. The summed E-state index contributed by atoms with van der Waals surface area (Å²) < 4.78 is 0. The largest absolute Gasteiger partial charge is 0.481 e. The highest BCUT2D eigenvalue weighted by atomic mass is 16.4. The molecule has 0 aromatic heterocycles. The maximum atomic E-state index is 11.6. The van der Waals surface area contributed by atoms with Crippen molar-refractivity contribution >= 4 is 11.9 Å². The van der Waals surface area contributed by atoms with Crippen molar-refractivity contribution in [1.29, 1.82) is 0 Å². The van der Waals surface area contributed by atoms with Gasteiger partial charge in [0.15, 0.2) is 0 Å². The van der Waals surface area contributed by atoms with Gasteiger partial charge in [-0.15, -0.1) is 0 Å². The Kier molecular flexibility index (Phi) is 13.4. The number of aliphatic carboxylic acids is 1. The summed E-state index contributed by atoms with van der Waals surface area (Å²) in [7, 11) is 0. The van der Waals surface area contributed by atoms with E-state index in [-0.39, 0.29) is 12.3 Å². The summed E-state index contributed by atoms with van der Waals surface area (Å²) >= 11 is 0. The summed E-state index contributed by atoms with van der Waals surface area (Å²) in [6.45, 7) is 4.89. The summed E-state index contributed by atoms with van der Waals surface area (Å²) in [5.41, 5.74) is 0. The molecule has 2 N–H and O–H groups in total. The SMILES string of the molecule is CCCCCC(O)/C=C/CN(CCCCCCC(=O)O)C(C)=O. The number of carbonyl (C=O) groups is 2. The lowest BCUT2D eigenvalue weighted by molar-refractivity contribution is -0.137. The Morgan fingerprint density at radius 1 is 1.09 bits per heavy atom. The first-order valence-electron chi connectivity index (χ1n) is 8.79. The zero-order valence-electron chi connectivity index (χ0n) is 14.7. The Morgan fingerprint density at radius 2 is 1.78 bits per heavy atom. The molecule has 0 spiro atoms. The van der Waals surface area contributed by atoms with Gasteiger partial charge in [0, 0.05) is 26.4 Å². The Balaban J connectivity index is 3.89. The minimum Gasteiger partial charge on any atom is -0.481 e. The van der Waals surface area contributed by atoms with Crippen LogP contribution in [0.3, 0.4) is 0 Å². The van der Waals surface area contributed by atoms with E-state index in [2.05, 4.69) is 6.92 Å². The van der Waals surface area contributed by atoms with Crippen molar-refractivity contribution in [1.82, 2.24) is 4.90 Å². The van der Waals surface area contributed by atoms with Crippen LogP contribution in [0.25, 0.3) is 0 Å². The van der Waals surface area contributed by atoms with E-state index in [1.165, 1.54) is 0 Å². The van der Waals surface area contributed by atoms with Crippen LogP contribution in [0.5, 0.6) is 0 Å². The van der Waals surface area contributed by atoms with Crippen molar-refractivity contribution in [3.8, 4) is 0 Å². The van der Waals surface area contributed by atoms with Gasteiger partial charge in [-0.1, -0.05) is 51.2 Å². The molecule has 0 saturated carbocycles. The van der Waals surface area contributed by atoms with Crippen molar-refractivity contribution in [2.75, 3.05) is 13.1 Å². The lowest BCUT2D eigenvalue weighted by atomic mass is 10.1. The number of amides is 1. The van der Waals surface area contributed by atoms with Crippen LogP contribution in [0.15, 0.2) is 12.2 Å². The van der Waals surface area contributed by atoms with E-state index >= 15 is 0 Å². The monoisotopic (exact) mass is 327 g/mol. The Morgan fingerprint density at radius 3 is 2.39 bits per heavy atom. The molecule has 0 radical (unpaired) electrons. The highest BCUT2D eigenvalue weighted by Gasteiger charge is 2.07. The number of aliphatic hydroxyl groups is 1. The van der Waals surface area contributed by atoms with Gasteiger partial charge < -0.3 is 15.1 Å². The summed E-state index contributed by atoms with van der Waals surface area (Å²) in [6.07, 6.45) is 10.9. The molecule has 1 amide bonds. The van der Waals surface area contributed by atoms with Crippen LogP contribution >= 0.6 is 0 Å². The van der Waals surface area contributed by atoms with Crippen molar-refractivity contribution in [2.45, 2.75) is 77.7 Å². The van der Waals surface area contributed by atoms with Gasteiger partial charge in [0.1, 0.15) is 0 Å². The van der Waals surface area contributed by atoms with Crippen LogP contribution in [0.2, 0.25) is 0 Å². The third kappa shape index (κ3) is 14.0. The molecule has 0 rings (SSSR count). The van der Waals surface area contributed by atoms with Gasteiger partial charge in [-0.25, -0.2) is 0 Å². The molecule has 5 nitrogen and oxygen atoms in total. The first-order chi connectivity index (χ1) is 11.0. The minimum absolute atomic E-state index is 0.0284. The maximum absolute atomic E-state index is 11.6. The predicted molar refractivity (Wildman–Crippen MR) is 92.3 cm³/mol. The topological polar surface area (TPSA) is 77.8 Å². The molecule has 0 aromatic carbocycles. The smallest absolute Gasteiger partial charge is 0.303 e. The van der Waals surface area contributed by atoms with E-state index < -0.39 is 12.1 Å². The van der Waals surface area contributed by atoms with Gasteiger partial charge in [0.05, 0.1) is 6.10 Å². The second-order valence-electron chi connectivity index (χ2n) is 6.01. The van der Waals surface area contributed by atoms with Gasteiger partial charge >= 0.3 is 5.97 Å². The van der Waals surface area contributed by atoms with E-state index in [1.54, 1.807) is 17.9 Å². The second kappa shape index (κ2) is 14.2. The van der Waals surface area contributed by atoms with Gasteiger partial charge in [0.2, 0.25) is 5.91 Å². The number of carbonyl (C=O) groups excluding carboxylic acids is 1. The molecule has 1 unspecified atom stereocenters. The fourth-order valence-electron chi connectivity index (χ4n) is 2.35. The van der Waals surface area contributed by atoms with E-state index in [0.717, 1.165) is 44.9 Å². The molecule has 0 aliphatic carbocycles. The number of nitrogens with zero attached hydrogens (tertiary/aromatic N) is 1. The third-order valence-electron chi connectivity index (χ3n) is 3.80. The average Bonchev–Trinajstić information content (AvgIpc) is 2.48. The maximum Gasteiger partial charge on any atom is 0.303 e. The predicted octanol–water partition coefficient (Wildman–Crippen LogP) is 3.37. The number of hydrogen-bond donors (Lipinski definition) is 2. The summed E-state index contributed by atoms with van der Waals surface area (Å²) in [5, 5.41) is 18.4. The molecule has 0 bridgehead atoms. The van der Waals surface area contributed by atoms with E-state index in [9.17, 15) is 14.7 Å². The standard InChI is InChI=1S/C18H33NO4/c1-3-4-7-11-17(21)12-10-15-19(16(2)20)14-9-6-5-8-13-18(22)23/h10,12,17,21H,3-9,11,13-15H2,1-2H3,(H,22,23)/b12-10+. The molecule has 0 saturated heterocycles. The molecule has 0 aliphatic rings. The highest BCUT2D eigenvalue weighted by Crippen LogP contribution is 2.06. The zero-order valence-corrected chi connectivity index (χ0v) is 14.7. The Hall–Kier alpha value is -1.36. The number of unbranched alkanes of at least 4 members (excludes halogenated alkanes) is 5. The zero-order chi connectivity index (χ0) is 17.5. The lowest BCUT2D eigenvalue weighted by Crippen LogP contribution is -2.30. The van der Waals surface area contributed by atoms with Gasteiger partial charge in [0.25, 0.3) is 0 Å². The number of carboxylic acids is 1. The molecule has 1 atom stereocenters. The van der Waals surface area contributed by atoms with E-state index in [1.807, 2.05) is 6.08 Å². The van der Waals surface area contributed by atoms with Crippen molar-refractivity contribution in [3.05, 3.63) is 12.2 Å². The van der Waals surface area contributed by atoms with Gasteiger partial charge in [-0.2, -0.15) is 0 Å². The first-order valence-corrected chi connectivity index (χ1v) is 8.79. The van der Waals surface area contributed by atoms with Crippen molar-refractivity contribution < 1.29 is 19.8 Å². The average molecular weight is 327 g/mol. The molecule has 0 aliphatic heterocycles. The fraction of sp³-hybridized carbons (Fsp3) is 0.778. The van der Waals surface area contributed by atoms with Crippen LogP contribution < -0.4 is 0 Å². The normalized spacial score (nSPS) is 12.5. The van der Waals surface area contributed by atoms with Crippen LogP contribution in [0.4, 0.5) is 0 Å². The molecular formula is C18H33NO4. The van der Waals surface area contributed by atoms with E-state index in [4.69, 9.17) is 5.11 Å². The number of aliphatic hydroxyl groups excluding tert-OH is 1. The lowest BCUT2D eigenvalue weighted by Gasteiger charge is -2.19. The first kappa shape index (κ1) is 21.6. The Labute approximate surface area is 140 Å². The number of rotatable bonds is 14. The third-order valence-corrected chi connectivity index (χ3v) is 3.80. The van der Waals surface area contributed by atoms with Gasteiger partial charge in [-0.05, 0) is 19.3 Å². The number of hydrogen-bond acceptors (Lipinski definition) is 3. The highest BCUT2D eigenvalue weighted by molar-refractivity contribution is 5.73. The van der Waals surface area contributed by atoms with Crippen molar-refractivity contribution in [3.63, 3.8) is 0 Å². The summed E-state index contributed by atoms with van der Waals surface area (Å²) in [5.74, 6) is -0.723. The molecule has 0 aromatic rings. The fourth-order valence-corrected chi connectivity index (χ4v) is 2.35. The quantitative estimate of drug-likeness (QED) is 0.379. The second-order valence-corrected chi connectivity index (χ2v) is 6.01. The summed E-state index contributed by atoms with van der Waals surface area (Å²) in [4.78, 5) is 23.8. The van der Waals surface area contributed by atoms with Crippen LogP contribution in [0.1, 0.15) is 71.6 Å². The van der Waals surface area contributed by atoms with Crippen LogP contribution in [0, 0.1) is 0 Å². The number of carboxylic acid groups (broad SMARTS) is 1. The molecule has 0 fully saturated rings. The van der Waals surface area contributed by atoms with Gasteiger partial charge in [-0.3, -0.25) is 9.59 Å². The summed E-state index contributed by atoms with van der Waals surface area (Å²) in [6, 6.07) is 0. The van der Waals surface area contributed by atoms with E-state index in [0.29, 0.717) is 19.5 Å². The van der Waals surface area contributed by atoms with Crippen LogP contribution in [-0.2, 0) is 9.59 Å². The molecule has 5 heteroatoms.